The van der Waals surface area contributed by atoms with Crippen molar-refractivity contribution in [1.82, 2.24) is 4.72 Å². The summed E-state index contributed by atoms with van der Waals surface area (Å²) in [7, 11) is 2.00. The maximum Gasteiger partial charge on any atom is 0.0146 e. The van der Waals surface area contributed by atoms with Gasteiger partial charge in [-0.1, -0.05) is 41.0 Å². The van der Waals surface area contributed by atoms with E-state index in [0.717, 1.165) is 9.84 Å². The highest BCUT2D eigenvalue weighted by molar-refractivity contribution is 14.1. The molecule has 1 nitrogen and oxygen atoms in total. The summed E-state index contributed by atoms with van der Waals surface area (Å²) >= 11 is 4.45. The molecule has 0 bridgehead atoms. The van der Waals surface area contributed by atoms with Crippen LogP contribution in [0.25, 0.3) is 0 Å². The molecule has 3 heteroatoms. The van der Waals surface area contributed by atoms with Gasteiger partial charge in [0.15, 0.2) is 0 Å². The van der Waals surface area contributed by atoms with Crippen LogP contribution in [-0.2, 0) is 0 Å². The first-order valence-corrected chi connectivity index (χ1v) is 6.00. The molecule has 0 aromatic rings. The Kier molecular flexibility index (Phi) is 4.41. The highest BCUT2D eigenvalue weighted by atomic mass is 127. The molecule has 0 spiro atoms. The minimum Gasteiger partial charge on any atom is -0.267 e. The normalized spacial score (nSPS) is 33.0. The van der Waals surface area contributed by atoms with Crippen molar-refractivity contribution >= 4 is 34.5 Å². The van der Waals surface area contributed by atoms with Gasteiger partial charge in [0.1, 0.15) is 0 Å². The van der Waals surface area contributed by atoms with Crippen LogP contribution in [0, 0.1) is 5.92 Å². The van der Waals surface area contributed by atoms with Gasteiger partial charge in [-0.05, 0) is 25.8 Å². The third-order valence-corrected chi connectivity index (χ3v) is 4.53. The van der Waals surface area contributed by atoms with Gasteiger partial charge in [-0.15, -0.1) is 0 Å². The molecule has 0 heterocycles. The van der Waals surface area contributed by atoms with Crippen LogP contribution in [0.15, 0.2) is 0 Å². The van der Waals surface area contributed by atoms with Gasteiger partial charge < -0.3 is 0 Å². The summed E-state index contributed by atoms with van der Waals surface area (Å²) < 4.78 is 4.07. The van der Waals surface area contributed by atoms with E-state index in [1.807, 2.05) is 19.0 Å². The Morgan fingerprint density at radius 3 is 2.90 bits per heavy atom. The maximum atomic E-state index is 3.13. The van der Waals surface area contributed by atoms with Crippen LogP contribution >= 0.6 is 34.5 Å². The molecule has 10 heavy (non-hydrogen) atoms. The Hall–Kier alpha value is 1.04. The van der Waals surface area contributed by atoms with Gasteiger partial charge in [0, 0.05) is 9.68 Å². The Bertz CT molecular complexity index is 99.6. The highest BCUT2D eigenvalue weighted by Crippen LogP contribution is 2.33. The number of rotatable bonds is 3. The second-order valence-electron chi connectivity index (χ2n) is 2.72. The van der Waals surface area contributed by atoms with Crippen molar-refractivity contribution in [3.05, 3.63) is 0 Å². The molecule has 2 atom stereocenters. The summed E-state index contributed by atoms with van der Waals surface area (Å²) in [5.74, 6) is 2.27. The fourth-order valence-corrected chi connectivity index (χ4v) is 3.55. The summed E-state index contributed by atoms with van der Waals surface area (Å²) in [5.41, 5.74) is 0. The van der Waals surface area contributed by atoms with E-state index in [9.17, 15) is 0 Å². The van der Waals surface area contributed by atoms with Crippen LogP contribution in [0.5, 0.6) is 0 Å². The molecule has 1 unspecified atom stereocenters. The average molecular weight is 271 g/mol. The van der Waals surface area contributed by atoms with E-state index in [0.29, 0.717) is 0 Å². The molecule has 0 aliphatic heterocycles. The van der Waals surface area contributed by atoms with Gasteiger partial charge in [-0.25, -0.2) is 0 Å². The van der Waals surface area contributed by atoms with Crippen molar-refractivity contribution in [1.29, 1.82) is 0 Å². The first-order chi connectivity index (χ1) is 4.84. The zero-order valence-electron chi connectivity index (χ0n) is 6.27. The molecule has 0 saturated heterocycles. The van der Waals surface area contributed by atoms with Crippen LogP contribution in [0.1, 0.15) is 19.3 Å². The molecule has 1 aliphatic rings. The molecule has 0 amide bonds. The molecule has 0 aromatic carbocycles. The summed E-state index contributed by atoms with van der Waals surface area (Å²) in [6, 6.07) is 0. The highest BCUT2D eigenvalue weighted by Gasteiger charge is 2.23. The largest absolute Gasteiger partial charge is 0.267 e. The Balaban J connectivity index is 2.14. The lowest BCUT2D eigenvalue weighted by molar-refractivity contribution is 0.648. The SMILES string of the molecule is CNSC[C@@H]1CCCC1I. The Morgan fingerprint density at radius 1 is 1.60 bits per heavy atom. The molecular weight excluding hydrogens is 257 g/mol. The van der Waals surface area contributed by atoms with Crippen molar-refractivity contribution < 1.29 is 0 Å². The van der Waals surface area contributed by atoms with Crippen LogP contribution in [-0.4, -0.2) is 16.7 Å². The average Bonchev–Trinajstić information content (AvgIpc) is 2.31. The zero-order valence-corrected chi connectivity index (χ0v) is 9.24. The van der Waals surface area contributed by atoms with Crippen LogP contribution in [0.4, 0.5) is 0 Å². The van der Waals surface area contributed by atoms with Gasteiger partial charge in [0.05, 0.1) is 0 Å². The van der Waals surface area contributed by atoms with E-state index >= 15 is 0 Å². The summed E-state index contributed by atoms with van der Waals surface area (Å²) in [6.07, 6.45) is 4.33. The second kappa shape index (κ2) is 4.83. The van der Waals surface area contributed by atoms with Crippen LogP contribution < -0.4 is 4.72 Å². The molecule has 0 aromatic heterocycles. The van der Waals surface area contributed by atoms with E-state index in [4.69, 9.17) is 0 Å². The van der Waals surface area contributed by atoms with Crippen LogP contribution in [0.3, 0.4) is 0 Å². The Morgan fingerprint density at radius 2 is 2.40 bits per heavy atom. The van der Waals surface area contributed by atoms with Gasteiger partial charge in [-0.3, -0.25) is 4.72 Å². The predicted octanol–water partition coefficient (Wildman–Crippen LogP) is 2.46. The first kappa shape index (κ1) is 9.13. The smallest absolute Gasteiger partial charge is 0.0146 e. The molecule has 1 aliphatic carbocycles. The summed E-state index contributed by atoms with van der Waals surface area (Å²) in [5, 5.41) is 0. The summed E-state index contributed by atoms with van der Waals surface area (Å²) in [6.45, 7) is 0. The lowest BCUT2D eigenvalue weighted by Gasteiger charge is -2.11. The Labute approximate surface area is 81.0 Å². The number of halogens is 1. The van der Waals surface area contributed by atoms with Crippen LogP contribution in [0.2, 0.25) is 0 Å². The summed E-state index contributed by atoms with van der Waals surface area (Å²) in [4.78, 5) is 0. The molecule has 1 fully saturated rings. The topological polar surface area (TPSA) is 12.0 Å². The van der Waals surface area contributed by atoms with E-state index in [1.165, 1.54) is 25.0 Å². The van der Waals surface area contributed by atoms with Gasteiger partial charge >= 0.3 is 0 Å². The lowest BCUT2D eigenvalue weighted by atomic mass is 10.1. The quantitative estimate of drug-likeness (QED) is 0.481. The predicted molar refractivity (Wildman–Crippen MR) is 56.7 cm³/mol. The number of hydrogen-bond donors (Lipinski definition) is 1. The number of hydrogen-bond acceptors (Lipinski definition) is 2. The standard InChI is InChI=1S/C7H14INS/c1-9-10-5-6-3-2-4-7(6)8/h6-7,9H,2-5H2,1H3/t6-,7?/m0/s1. The first-order valence-electron chi connectivity index (χ1n) is 3.77. The molecule has 60 valence electrons. The molecule has 0 radical (unpaired) electrons. The molecule has 1 N–H and O–H groups in total. The fraction of sp³-hybridized carbons (Fsp3) is 1.00. The lowest BCUT2D eigenvalue weighted by Crippen LogP contribution is -2.11. The molecular formula is C7H14INS. The third-order valence-electron chi connectivity index (χ3n) is 2.01. The van der Waals surface area contributed by atoms with E-state index in [1.54, 1.807) is 0 Å². The van der Waals surface area contributed by atoms with Gasteiger partial charge in [0.2, 0.25) is 0 Å². The molecule has 1 saturated carbocycles. The maximum absolute atomic E-state index is 3.13. The number of alkyl halides is 1. The van der Waals surface area contributed by atoms with Crippen molar-refractivity contribution in [3.63, 3.8) is 0 Å². The zero-order chi connectivity index (χ0) is 7.40. The minimum absolute atomic E-state index is 0.943. The second-order valence-corrected chi connectivity index (χ2v) is 5.35. The van der Waals surface area contributed by atoms with Crippen molar-refractivity contribution in [2.75, 3.05) is 12.8 Å². The van der Waals surface area contributed by atoms with E-state index < -0.39 is 0 Å². The van der Waals surface area contributed by atoms with E-state index in [-0.39, 0.29) is 0 Å². The van der Waals surface area contributed by atoms with Crippen molar-refractivity contribution in [3.8, 4) is 0 Å². The number of nitrogens with one attached hydrogen (secondary N) is 1. The van der Waals surface area contributed by atoms with Gasteiger partial charge in [0.25, 0.3) is 0 Å². The minimum atomic E-state index is 0.943. The molecule has 1 rings (SSSR count). The van der Waals surface area contributed by atoms with E-state index in [2.05, 4.69) is 27.3 Å². The monoisotopic (exact) mass is 271 g/mol. The fourth-order valence-electron chi connectivity index (χ4n) is 1.37. The van der Waals surface area contributed by atoms with Gasteiger partial charge in [-0.2, -0.15) is 0 Å². The van der Waals surface area contributed by atoms with Crippen molar-refractivity contribution in [2.45, 2.75) is 23.2 Å². The van der Waals surface area contributed by atoms with Crippen molar-refractivity contribution in [2.24, 2.45) is 5.92 Å². The third kappa shape index (κ3) is 2.58.